The van der Waals surface area contributed by atoms with Crippen LogP contribution in [0, 0.1) is 0 Å². The Morgan fingerprint density at radius 1 is 1.46 bits per heavy atom. The standard InChI is InChI=1S/C14H15F3N6O8S4/c1-31-13(18-7(24)3-33-14(15,16)17)10(27)23-8(9(25)26)5(2-32-11(13)23)6(4-35(28,29)30)34-12-19-21-22-20-12/h6,11H,2-4H2,1H3,(H,18,24)(H,25,26)(H,28,29,30)(H,19,20,21,22)/t6?,11-,13-/m0/s1. The zero-order valence-corrected chi connectivity index (χ0v) is 20.4. The molecule has 21 heteroatoms. The number of aromatic amines is 1. The Bertz CT molecular complexity index is 1150. The molecule has 2 aliphatic heterocycles. The smallest absolute Gasteiger partial charge is 0.442 e. The molecule has 1 aromatic heterocycles. The van der Waals surface area contributed by atoms with Gasteiger partial charge < -0.3 is 15.2 Å². The number of hydrogen-bond donors (Lipinski definition) is 4. The third-order valence-corrected chi connectivity index (χ3v) is 8.76. The third kappa shape index (κ3) is 6.02. The summed E-state index contributed by atoms with van der Waals surface area (Å²) in [5.74, 6) is -6.12. The minimum absolute atomic E-state index is 0.0707. The van der Waals surface area contributed by atoms with Crippen LogP contribution < -0.4 is 5.32 Å². The van der Waals surface area contributed by atoms with Crippen molar-refractivity contribution < 1.29 is 50.4 Å². The fourth-order valence-electron chi connectivity index (χ4n) is 3.27. The number of methoxy groups -OCH3 is 1. The fraction of sp³-hybridized carbons (Fsp3) is 0.571. The summed E-state index contributed by atoms with van der Waals surface area (Å²) in [4.78, 5) is 37.9. The second kappa shape index (κ2) is 10.1. The van der Waals surface area contributed by atoms with Gasteiger partial charge in [0, 0.05) is 12.9 Å². The SMILES string of the molecule is CO[C@@]1(NC(=O)CSC(F)(F)F)C(=O)N2C(C(=O)O)=C(C(CS(=O)(=O)O)Sc3nn[nH]n3)CS[C@H]21. The number of carboxylic acids is 1. The number of rotatable bonds is 10. The average Bonchev–Trinajstić information content (AvgIpc) is 3.25. The number of nitrogens with zero attached hydrogens (tertiary/aromatic N) is 4. The molecule has 0 bridgehead atoms. The van der Waals surface area contributed by atoms with Gasteiger partial charge in [-0.3, -0.25) is 19.0 Å². The summed E-state index contributed by atoms with van der Waals surface area (Å²) in [6, 6.07) is 0. The fourth-order valence-corrected chi connectivity index (χ4v) is 7.40. The van der Waals surface area contributed by atoms with E-state index in [9.17, 15) is 45.6 Å². The number of β-lactam (4-membered cyclic amide) rings is 1. The Labute approximate surface area is 206 Å². The number of thioether (sulfide) groups is 3. The van der Waals surface area contributed by atoms with Crippen LogP contribution in [0.3, 0.4) is 0 Å². The molecule has 0 spiro atoms. The van der Waals surface area contributed by atoms with E-state index < -0.39 is 78.7 Å². The maximum atomic E-state index is 13.0. The Hall–Kier alpha value is -2.07. The van der Waals surface area contributed by atoms with Crippen LogP contribution in [-0.4, -0.2) is 108 Å². The molecule has 2 amide bonds. The summed E-state index contributed by atoms with van der Waals surface area (Å²) in [5, 5.41) is 22.2. The highest BCUT2D eigenvalue weighted by Crippen LogP contribution is 2.48. The molecule has 0 saturated carbocycles. The van der Waals surface area contributed by atoms with E-state index in [4.69, 9.17) is 4.74 Å². The molecule has 14 nitrogen and oxygen atoms in total. The van der Waals surface area contributed by atoms with E-state index in [-0.39, 0.29) is 16.5 Å². The highest BCUT2D eigenvalue weighted by molar-refractivity contribution is 8.02. The zero-order valence-electron chi connectivity index (χ0n) is 17.2. The minimum Gasteiger partial charge on any atom is -0.477 e. The van der Waals surface area contributed by atoms with Crippen LogP contribution in [-0.2, 0) is 29.2 Å². The lowest BCUT2D eigenvalue weighted by Gasteiger charge is -2.56. The second-order valence-corrected chi connectivity index (χ2v) is 11.6. The molecule has 1 aromatic rings. The molecular formula is C14H15F3N6O8S4. The number of nitrogens with one attached hydrogen (secondary N) is 2. The average molecular weight is 581 g/mol. The van der Waals surface area contributed by atoms with Crippen molar-refractivity contribution in [2.75, 3.05) is 24.4 Å². The topological polar surface area (TPSA) is 205 Å². The van der Waals surface area contributed by atoms with E-state index in [1.807, 2.05) is 0 Å². The van der Waals surface area contributed by atoms with Gasteiger partial charge in [0.15, 0.2) is 0 Å². The van der Waals surface area contributed by atoms with Crippen molar-refractivity contribution >= 4 is 63.2 Å². The zero-order chi connectivity index (χ0) is 26.2. The summed E-state index contributed by atoms with van der Waals surface area (Å²) in [6.07, 6.45) is 0. The quantitative estimate of drug-likeness (QED) is 0.119. The van der Waals surface area contributed by atoms with Crippen LogP contribution in [0.25, 0.3) is 0 Å². The molecule has 35 heavy (non-hydrogen) atoms. The van der Waals surface area contributed by atoms with Crippen molar-refractivity contribution in [2.45, 2.75) is 27.0 Å². The van der Waals surface area contributed by atoms with Crippen molar-refractivity contribution in [3.05, 3.63) is 11.3 Å². The lowest BCUT2D eigenvalue weighted by Crippen LogP contribution is -2.81. The summed E-state index contributed by atoms with van der Waals surface area (Å²) in [5.41, 5.74) is -7.54. The third-order valence-electron chi connectivity index (χ3n) is 4.60. The molecule has 194 valence electrons. The number of fused-ring (bicyclic) bond motifs is 1. The van der Waals surface area contributed by atoms with Crippen LogP contribution in [0.1, 0.15) is 0 Å². The van der Waals surface area contributed by atoms with Gasteiger partial charge >= 0.3 is 11.5 Å². The predicted molar refractivity (Wildman–Crippen MR) is 114 cm³/mol. The van der Waals surface area contributed by atoms with E-state index >= 15 is 0 Å². The minimum atomic E-state index is -4.70. The number of tetrazole rings is 1. The predicted octanol–water partition coefficient (Wildman–Crippen LogP) is -0.486. The number of aliphatic carboxylic acids is 1. The number of carbonyl (C=O) groups is 3. The normalized spacial score (nSPS) is 23.5. The van der Waals surface area contributed by atoms with Gasteiger partial charge in [-0.1, -0.05) is 11.8 Å². The van der Waals surface area contributed by atoms with Gasteiger partial charge in [0.05, 0.1) is 16.8 Å². The molecule has 0 radical (unpaired) electrons. The van der Waals surface area contributed by atoms with Crippen LogP contribution in [0.15, 0.2) is 16.4 Å². The molecular weight excluding hydrogens is 565 g/mol. The maximum Gasteiger partial charge on any atom is 0.442 e. The highest BCUT2D eigenvalue weighted by atomic mass is 32.2. The van der Waals surface area contributed by atoms with Crippen LogP contribution in [0.5, 0.6) is 0 Å². The van der Waals surface area contributed by atoms with Crippen LogP contribution >= 0.6 is 35.3 Å². The molecule has 3 atom stereocenters. The molecule has 3 rings (SSSR count). The first kappa shape index (κ1) is 27.5. The Balaban J connectivity index is 1.93. The van der Waals surface area contributed by atoms with Crippen LogP contribution in [0.4, 0.5) is 13.2 Å². The van der Waals surface area contributed by atoms with Crippen molar-refractivity contribution in [3.8, 4) is 0 Å². The lowest BCUT2D eigenvalue weighted by molar-refractivity contribution is -0.192. The second-order valence-electron chi connectivity index (χ2n) is 6.79. The van der Waals surface area contributed by atoms with E-state index in [0.717, 1.165) is 23.8 Å². The summed E-state index contributed by atoms with van der Waals surface area (Å²) >= 11 is 0.906. The first-order valence-corrected chi connectivity index (χ1v) is 13.5. The van der Waals surface area contributed by atoms with Crippen molar-refractivity contribution in [3.63, 3.8) is 0 Å². The maximum absolute atomic E-state index is 13.0. The monoisotopic (exact) mass is 580 g/mol. The Kier molecular flexibility index (Phi) is 7.96. The van der Waals surface area contributed by atoms with Crippen molar-refractivity contribution in [1.29, 1.82) is 0 Å². The molecule has 0 aliphatic carbocycles. The van der Waals surface area contributed by atoms with Gasteiger partial charge in [0.1, 0.15) is 11.1 Å². The van der Waals surface area contributed by atoms with Crippen molar-refractivity contribution in [2.24, 2.45) is 0 Å². The van der Waals surface area contributed by atoms with E-state index in [2.05, 4.69) is 25.9 Å². The molecule has 1 fully saturated rings. The largest absolute Gasteiger partial charge is 0.477 e. The number of aromatic nitrogens is 4. The first-order valence-electron chi connectivity index (χ1n) is 9.02. The van der Waals surface area contributed by atoms with Gasteiger partial charge in [-0.15, -0.1) is 22.0 Å². The summed E-state index contributed by atoms with van der Waals surface area (Å²) in [7, 11) is -3.62. The number of ether oxygens (including phenoxy) is 1. The first-order chi connectivity index (χ1) is 16.2. The van der Waals surface area contributed by atoms with Crippen LogP contribution in [0.2, 0.25) is 0 Å². The van der Waals surface area contributed by atoms with E-state index in [1.165, 1.54) is 0 Å². The molecule has 3 heterocycles. The molecule has 2 aliphatic rings. The molecule has 1 saturated heterocycles. The molecule has 1 unspecified atom stereocenters. The number of hydrogen-bond acceptors (Lipinski definition) is 12. The number of H-pyrrole nitrogens is 1. The van der Waals surface area contributed by atoms with E-state index in [1.54, 1.807) is 0 Å². The van der Waals surface area contributed by atoms with Gasteiger partial charge in [-0.2, -0.15) is 26.8 Å². The Morgan fingerprint density at radius 3 is 2.66 bits per heavy atom. The van der Waals surface area contributed by atoms with Gasteiger partial charge in [0.2, 0.25) is 11.1 Å². The van der Waals surface area contributed by atoms with E-state index in [0.29, 0.717) is 11.8 Å². The van der Waals surface area contributed by atoms with Gasteiger partial charge in [-0.25, -0.2) is 4.79 Å². The molecule has 0 aromatic carbocycles. The number of carboxylic acid groups (broad SMARTS) is 1. The van der Waals surface area contributed by atoms with Gasteiger partial charge in [-0.05, 0) is 22.5 Å². The lowest BCUT2D eigenvalue weighted by atomic mass is 9.97. The number of alkyl halides is 3. The molecule has 4 N–H and O–H groups in total. The van der Waals surface area contributed by atoms with Gasteiger partial charge in [0.25, 0.3) is 21.8 Å². The number of carbonyl (C=O) groups excluding carboxylic acids is 2. The van der Waals surface area contributed by atoms with Crippen molar-refractivity contribution in [1.82, 2.24) is 30.8 Å². The highest BCUT2D eigenvalue weighted by Gasteiger charge is 2.67. The number of amides is 2. The number of halogens is 3. The Morgan fingerprint density at radius 2 is 2.14 bits per heavy atom. The summed E-state index contributed by atoms with van der Waals surface area (Å²) < 4.78 is 74.9. The summed E-state index contributed by atoms with van der Waals surface area (Å²) in [6.45, 7) is 0.